The van der Waals surface area contributed by atoms with Gasteiger partial charge in [-0.1, -0.05) is 20.8 Å². The summed E-state index contributed by atoms with van der Waals surface area (Å²) < 4.78 is 39.2. The third-order valence-electron chi connectivity index (χ3n) is 3.78. The Hall–Kier alpha value is -1.54. The van der Waals surface area contributed by atoms with Crippen LogP contribution in [0.1, 0.15) is 38.0 Å². The molecule has 1 amide bonds. The quantitative estimate of drug-likeness (QED) is 0.830. The van der Waals surface area contributed by atoms with Gasteiger partial charge in [-0.25, -0.2) is 5.43 Å². The van der Waals surface area contributed by atoms with E-state index < -0.39 is 18.1 Å². The summed E-state index contributed by atoms with van der Waals surface area (Å²) in [6, 6.07) is -0.248. The zero-order valence-corrected chi connectivity index (χ0v) is 14.9. The number of halogens is 3. The average Bonchev–Trinajstić information content (AvgIpc) is 3.03. The van der Waals surface area contributed by atoms with Crippen molar-refractivity contribution >= 4 is 22.9 Å². The lowest BCUT2D eigenvalue weighted by Crippen LogP contribution is -2.45. The van der Waals surface area contributed by atoms with E-state index in [1.165, 1.54) is 24.6 Å². The van der Waals surface area contributed by atoms with E-state index in [1.54, 1.807) is 6.07 Å². The highest BCUT2D eigenvalue weighted by Gasteiger charge is 2.47. The molecule has 1 aliphatic heterocycles. The van der Waals surface area contributed by atoms with Crippen LogP contribution in [0.15, 0.2) is 23.2 Å². The highest BCUT2D eigenvalue weighted by molar-refractivity contribution is 7.10. The van der Waals surface area contributed by atoms with Crippen molar-refractivity contribution in [3.8, 4) is 0 Å². The predicted molar refractivity (Wildman–Crippen MR) is 89.6 cm³/mol. The van der Waals surface area contributed by atoms with Crippen LogP contribution >= 0.6 is 11.3 Å². The zero-order valence-electron chi connectivity index (χ0n) is 14.1. The Morgan fingerprint density at radius 2 is 2.08 bits per heavy atom. The summed E-state index contributed by atoms with van der Waals surface area (Å²) in [5, 5.41) is 5.65. The fourth-order valence-corrected chi connectivity index (χ4v) is 3.77. The second-order valence-corrected chi connectivity index (χ2v) is 7.43. The number of carbonyl (C=O) groups excluding carboxylic acids is 1. The molecule has 0 saturated carbocycles. The summed E-state index contributed by atoms with van der Waals surface area (Å²) in [7, 11) is 1.43. The van der Waals surface area contributed by atoms with Crippen molar-refractivity contribution in [1.82, 2.24) is 10.4 Å². The molecule has 0 bridgehead atoms. The topological polar surface area (TPSA) is 44.4 Å². The molecule has 134 valence electrons. The standard InChI is InChI=1S/C16H22F3N3OS/c1-9(2)7-10(3)13-12(5-6-24-13)20-15(23)11-8-22(4)21-14(11)16(17,18)19/h5-6,8-10,14,21H,7H2,1-4H3,(H,20,23). The van der Waals surface area contributed by atoms with Crippen LogP contribution in [0.2, 0.25) is 0 Å². The number of amides is 1. The summed E-state index contributed by atoms with van der Waals surface area (Å²) in [4.78, 5) is 13.4. The average molecular weight is 361 g/mol. The molecule has 1 aromatic heterocycles. The zero-order chi connectivity index (χ0) is 18.1. The van der Waals surface area contributed by atoms with E-state index in [0.717, 1.165) is 16.3 Å². The second-order valence-electron chi connectivity index (χ2n) is 6.48. The van der Waals surface area contributed by atoms with Gasteiger partial charge in [0.1, 0.15) is 0 Å². The Labute approximate surface area is 143 Å². The van der Waals surface area contributed by atoms with Crippen molar-refractivity contribution in [3.05, 3.63) is 28.1 Å². The fourth-order valence-electron chi connectivity index (χ4n) is 2.85. The van der Waals surface area contributed by atoms with Gasteiger partial charge in [0.05, 0.1) is 11.3 Å². The third kappa shape index (κ3) is 4.30. The molecule has 0 radical (unpaired) electrons. The molecule has 4 nitrogen and oxygen atoms in total. The van der Waals surface area contributed by atoms with Crippen LogP contribution < -0.4 is 10.7 Å². The van der Waals surface area contributed by atoms with Crippen LogP contribution in [-0.4, -0.2) is 30.2 Å². The van der Waals surface area contributed by atoms with Gasteiger partial charge in [0.2, 0.25) is 0 Å². The molecule has 0 fully saturated rings. The lowest BCUT2D eigenvalue weighted by atomic mass is 9.97. The first-order chi connectivity index (χ1) is 11.1. The van der Waals surface area contributed by atoms with Crippen LogP contribution in [-0.2, 0) is 4.79 Å². The lowest BCUT2D eigenvalue weighted by Gasteiger charge is -2.20. The molecule has 24 heavy (non-hydrogen) atoms. The first-order valence-electron chi connectivity index (χ1n) is 7.75. The maximum absolute atomic E-state index is 13.1. The van der Waals surface area contributed by atoms with E-state index in [9.17, 15) is 18.0 Å². The Morgan fingerprint density at radius 1 is 1.42 bits per heavy atom. The summed E-state index contributed by atoms with van der Waals surface area (Å²) in [6.07, 6.45) is -2.41. The Morgan fingerprint density at radius 3 is 2.67 bits per heavy atom. The molecule has 2 rings (SSSR count). The maximum Gasteiger partial charge on any atom is 0.409 e. The Bertz CT molecular complexity index is 624. The minimum atomic E-state index is -4.53. The van der Waals surface area contributed by atoms with E-state index in [2.05, 4.69) is 31.5 Å². The number of rotatable bonds is 5. The Balaban J connectivity index is 2.16. The number of thiophene rings is 1. The molecule has 0 aromatic carbocycles. The predicted octanol–water partition coefficient (Wildman–Crippen LogP) is 4.10. The molecular formula is C16H22F3N3OS. The molecule has 2 unspecified atom stereocenters. The molecule has 0 spiro atoms. The highest BCUT2D eigenvalue weighted by Crippen LogP contribution is 2.35. The lowest BCUT2D eigenvalue weighted by molar-refractivity contribution is -0.153. The highest BCUT2D eigenvalue weighted by atomic mass is 32.1. The smallest absolute Gasteiger partial charge is 0.321 e. The molecule has 0 aliphatic carbocycles. The van der Waals surface area contributed by atoms with Crippen molar-refractivity contribution < 1.29 is 18.0 Å². The van der Waals surface area contributed by atoms with E-state index in [1.807, 2.05) is 5.38 Å². The number of nitrogens with zero attached hydrogens (tertiary/aromatic N) is 1. The van der Waals surface area contributed by atoms with Crippen LogP contribution in [0, 0.1) is 5.92 Å². The normalized spacial score (nSPS) is 19.6. The van der Waals surface area contributed by atoms with Gasteiger partial charge in [-0.15, -0.1) is 11.3 Å². The number of carbonyl (C=O) groups is 1. The molecule has 2 heterocycles. The molecule has 2 atom stereocenters. The first-order valence-corrected chi connectivity index (χ1v) is 8.63. The van der Waals surface area contributed by atoms with Crippen molar-refractivity contribution in [1.29, 1.82) is 0 Å². The number of nitrogens with one attached hydrogen (secondary N) is 2. The maximum atomic E-state index is 13.1. The number of anilines is 1. The van der Waals surface area contributed by atoms with Gasteiger partial charge in [0, 0.05) is 18.1 Å². The van der Waals surface area contributed by atoms with Crippen LogP contribution in [0.4, 0.5) is 18.9 Å². The number of hydrogen-bond acceptors (Lipinski definition) is 4. The minimum Gasteiger partial charge on any atom is -0.321 e. The van der Waals surface area contributed by atoms with Gasteiger partial charge in [0.15, 0.2) is 6.04 Å². The van der Waals surface area contributed by atoms with E-state index in [4.69, 9.17) is 0 Å². The number of alkyl halides is 3. The van der Waals surface area contributed by atoms with Crippen LogP contribution in [0.25, 0.3) is 0 Å². The minimum absolute atomic E-state index is 0.233. The summed E-state index contributed by atoms with van der Waals surface area (Å²) in [5.41, 5.74) is 2.48. The number of hydrogen-bond donors (Lipinski definition) is 2. The first kappa shape index (κ1) is 18.8. The summed E-state index contributed by atoms with van der Waals surface area (Å²) in [5.74, 6) is -0.00158. The SMILES string of the molecule is CC(C)CC(C)c1sccc1NC(=O)C1=CN(C)NC1C(F)(F)F. The largest absolute Gasteiger partial charge is 0.409 e. The molecule has 2 N–H and O–H groups in total. The van der Waals surface area contributed by atoms with Crippen molar-refractivity contribution in [3.63, 3.8) is 0 Å². The Kier molecular flexibility index (Phi) is 5.59. The van der Waals surface area contributed by atoms with Crippen LogP contribution in [0.3, 0.4) is 0 Å². The van der Waals surface area contributed by atoms with Gasteiger partial charge in [-0.05, 0) is 29.7 Å². The van der Waals surface area contributed by atoms with E-state index in [0.29, 0.717) is 11.6 Å². The fraction of sp³-hybridized carbons (Fsp3) is 0.562. The molecule has 1 aliphatic rings. The van der Waals surface area contributed by atoms with Crippen LogP contribution in [0.5, 0.6) is 0 Å². The molecular weight excluding hydrogens is 339 g/mol. The van der Waals surface area contributed by atoms with Crippen molar-refractivity contribution in [2.45, 2.75) is 45.3 Å². The summed E-state index contributed by atoms with van der Waals surface area (Å²) in [6.45, 7) is 6.28. The third-order valence-corrected chi connectivity index (χ3v) is 4.93. The second kappa shape index (κ2) is 7.14. The molecule has 1 aromatic rings. The van der Waals surface area contributed by atoms with E-state index in [-0.39, 0.29) is 11.5 Å². The van der Waals surface area contributed by atoms with Crippen molar-refractivity contribution in [2.24, 2.45) is 5.92 Å². The molecule has 0 saturated heterocycles. The van der Waals surface area contributed by atoms with Crippen molar-refractivity contribution in [2.75, 3.05) is 12.4 Å². The summed E-state index contributed by atoms with van der Waals surface area (Å²) >= 11 is 1.51. The van der Waals surface area contributed by atoms with Gasteiger partial charge in [-0.2, -0.15) is 13.2 Å². The van der Waals surface area contributed by atoms with Gasteiger partial charge in [-0.3, -0.25) is 4.79 Å². The monoisotopic (exact) mass is 361 g/mol. The van der Waals surface area contributed by atoms with E-state index >= 15 is 0 Å². The van der Waals surface area contributed by atoms with Gasteiger partial charge in [0.25, 0.3) is 5.91 Å². The number of hydrazine groups is 1. The van der Waals surface area contributed by atoms with Gasteiger partial charge < -0.3 is 10.3 Å². The van der Waals surface area contributed by atoms with Gasteiger partial charge >= 0.3 is 6.18 Å². The molecule has 8 heteroatoms.